The van der Waals surface area contributed by atoms with Crippen molar-refractivity contribution in [3.8, 4) is 0 Å². The lowest BCUT2D eigenvalue weighted by molar-refractivity contribution is -0.121. The number of benzene rings is 1. The molecule has 1 aliphatic carbocycles. The lowest BCUT2D eigenvalue weighted by atomic mass is 10.1. The first kappa shape index (κ1) is 11.1. The number of amides is 1. The third-order valence-corrected chi connectivity index (χ3v) is 2.98. The highest BCUT2D eigenvalue weighted by molar-refractivity contribution is 5.78. The van der Waals surface area contributed by atoms with Gasteiger partial charge in [-0.3, -0.25) is 10.2 Å². The van der Waals surface area contributed by atoms with Crippen LogP contribution in [-0.4, -0.2) is 11.9 Å². The molecule has 1 aromatic carbocycles. The second kappa shape index (κ2) is 5.66. The Labute approximate surface area is 96.2 Å². The molecule has 0 aromatic heterocycles. The minimum Gasteiger partial charge on any atom is -0.291 e. The van der Waals surface area contributed by atoms with Crippen molar-refractivity contribution >= 4 is 5.91 Å². The second-order valence-corrected chi connectivity index (χ2v) is 4.34. The van der Waals surface area contributed by atoms with Crippen LogP contribution in [0.1, 0.15) is 31.2 Å². The molecule has 0 saturated heterocycles. The van der Waals surface area contributed by atoms with E-state index in [-0.39, 0.29) is 5.91 Å². The largest absolute Gasteiger partial charge is 0.291 e. The summed E-state index contributed by atoms with van der Waals surface area (Å²) in [6, 6.07) is 10.3. The van der Waals surface area contributed by atoms with Gasteiger partial charge in [0, 0.05) is 6.04 Å². The molecule has 2 N–H and O–H groups in total. The van der Waals surface area contributed by atoms with Crippen molar-refractivity contribution in [3.05, 3.63) is 35.9 Å². The molecule has 1 aromatic rings. The van der Waals surface area contributed by atoms with E-state index in [9.17, 15) is 4.79 Å². The Morgan fingerprint density at radius 2 is 1.88 bits per heavy atom. The zero-order valence-electron chi connectivity index (χ0n) is 9.41. The van der Waals surface area contributed by atoms with Gasteiger partial charge in [-0.25, -0.2) is 5.43 Å². The first-order valence-corrected chi connectivity index (χ1v) is 5.93. The van der Waals surface area contributed by atoms with Crippen LogP contribution in [0.4, 0.5) is 0 Å². The molecule has 1 fully saturated rings. The standard InChI is InChI=1S/C13H18N2O/c16-13(10-11-6-2-1-3-7-11)15-14-12-8-4-5-9-12/h1-3,6-7,12,14H,4-5,8-10H2,(H,15,16). The summed E-state index contributed by atoms with van der Waals surface area (Å²) >= 11 is 0. The Balaban J connectivity index is 1.72. The average Bonchev–Trinajstić information content (AvgIpc) is 2.81. The highest BCUT2D eigenvalue weighted by atomic mass is 16.2. The molecular formula is C13H18N2O. The minimum atomic E-state index is 0.0399. The van der Waals surface area contributed by atoms with Crippen LogP contribution in [0.2, 0.25) is 0 Å². The highest BCUT2D eigenvalue weighted by Crippen LogP contribution is 2.16. The summed E-state index contributed by atoms with van der Waals surface area (Å²) in [5, 5.41) is 0. The van der Waals surface area contributed by atoms with Crippen molar-refractivity contribution < 1.29 is 4.79 Å². The fraction of sp³-hybridized carbons (Fsp3) is 0.462. The van der Waals surface area contributed by atoms with E-state index in [4.69, 9.17) is 0 Å². The van der Waals surface area contributed by atoms with Crippen LogP contribution in [0.3, 0.4) is 0 Å². The van der Waals surface area contributed by atoms with Crippen LogP contribution in [0.15, 0.2) is 30.3 Å². The van der Waals surface area contributed by atoms with Gasteiger partial charge >= 0.3 is 0 Å². The maximum atomic E-state index is 11.6. The van der Waals surface area contributed by atoms with E-state index < -0.39 is 0 Å². The summed E-state index contributed by atoms with van der Waals surface area (Å²) in [4.78, 5) is 11.6. The first-order chi connectivity index (χ1) is 7.84. The molecule has 1 aliphatic rings. The van der Waals surface area contributed by atoms with Gasteiger partial charge in [0.05, 0.1) is 6.42 Å². The van der Waals surface area contributed by atoms with Crippen LogP contribution in [0, 0.1) is 0 Å². The number of carbonyl (C=O) groups excluding carboxylic acids is 1. The molecule has 16 heavy (non-hydrogen) atoms. The lowest BCUT2D eigenvalue weighted by Crippen LogP contribution is -2.43. The van der Waals surface area contributed by atoms with Crippen LogP contribution < -0.4 is 10.9 Å². The zero-order chi connectivity index (χ0) is 11.2. The summed E-state index contributed by atoms with van der Waals surface area (Å²) in [5.74, 6) is 0.0399. The Bertz CT molecular complexity index is 331. The molecule has 0 atom stereocenters. The van der Waals surface area contributed by atoms with E-state index in [0.717, 1.165) is 5.56 Å². The van der Waals surface area contributed by atoms with Gasteiger partial charge in [-0.1, -0.05) is 43.2 Å². The molecule has 0 unspecified atom stereocenters. The van der Waals surface area contributed by atoms with Crippen molar-refractivity contribution in [2.45, 2.75) is 38.1 Å². The first-order valence-electron chi connectivity index (χ1n) is 5.93. The van der Waals surface area contributed by atoms with Crippen molar-refractivity contribution in [2.24, 2.45) is 0 Å². The van der Waals surface area contributed by atoms with Crippen molar-refractivity contribution in [1.29, 1.82) is 0 Å². The maximum absolute atomic E-state index is 11.6. The van der Waals surface area contributed by atoms with Crippen LogP contribution in [0.5, 0.6) is 0 Å². The Morgan fingerprint density at radius 3 is 2.56 bits per heavy atom. The lowest BCUT2D eigenvalue weighted by Gasteiger charge is -2.12. The third-order valence-electron chi connectivity index (χ3n) is 2.98. The summed E-state index contributed by atoms with van der Waals surface area (Å²) in [6.45, 7) is 0. The minimum absolute atomic E-state index is 0.0399. The molecule has 3 nitrogen and oxygen atoms in total. The fourth-order valence-electron chi connectivity index (χ4n) is 2.08. The summed E-state index contributed by atoms with van der Waals surface area (Å²) < 4.78 is 0. The van der Waals surface area contributed by atoms with Gasteiger partial charge in [-0.2, -0.15) is 0 Å². The van der Waals surface area contributed by atoms with E-state index >= 15 is 0 Å². The molecule has 0 radical (unpaired) electrons. The predicted octanol–water partition coefficient (Wildman–Crippen LogP) is 1.79. The van der Waals surface area contributed by atoms with Gasteiger partial charge < -0.3 is 0 Å². The van der Waals surface area contributed by atoms with Crippen LogP contribution >= 0.6 is 0 Å². The van der Waals surface area contributed by atoms with Gasteiger partial charge in [0.2, 0.25) is 5.91 Å². The van der Waals surface area contributed by atoms with Gasteiger partial charge in [0.1, 0.15) is 0 Å². The summed E-state index contributed by atoms with van der Waals surface area (Å²) in [6.07, 6.45) is 5.33. The summed E-state index contributed by atoms with van der Waals surface area (Å²) in [5.41, 5.74) is 6.94. The van der Waals surface area contributed by atoms with Gasteiger partial charge in [-0.05, 0) is 18.4 Å². The monoisotopic (exact) mass is 218 g/mol. The van der Waals surface area contributed by atoms with Gasteiger partial charge in [-0.15, -0.1) is 0 Å². The van der Waals surface area contributed by atoms with Gasteiger partial charge in [0.15, 0.2) is 0 Å². The number of hydrogen-bond donors (Lipinski definition) is 2. The molecule has 0 bridgehead atoms. The topological polar surface area (TPSA) is 41.1 Å². The molecular weight excluding hydrogens is 200 g/mol. The Hall–Kier alpha value is -1.35. The fourth-order valence-corrected chi connectivity index (χ4v) is 2.08. The van der Waals surface area contributed by atoms with E-state index in [0.29, 0.717) is 12.5 Å². The van der Waals surface area contributed by atoms with Crippen LogP contribution in [0.25, 0.3) is 0 Å². The second-order valence-electron chi connectivity index (χ2n) is 4.34. The normalized spacial score (nSPS) is 16.2. The average molecular weight is 218 g/mol. The Morgan fingerprint density at radius 1 is 1.19 bits per heavy atom. The number of hydrogen-bond acceptors (Lipinski definition) is 2. The molecule has 2 rings (SSSR count). The number of nitrogens with one attached hydrogen (secondary N) is 2. The highest BCUT2D eigenvalue weighted by Gasteiger charge is 2.14. The third kappa shape index (κ3) is 3.35. The van der Waals surface area contributed by atoms with E-state index in [1.54, 1.807) is 0 Å². The number of hydrazine groups is 1. The Kier molecular flexibility index (Phi) is 3.94. The molecule has 86 valence electrons. The maximum Gasteiger partial charge on any atom is 0.238 e. The van der Waals surface area contributed by atoms with Crippen molar-refractivity contribution in [3.63, 3.8) is 0 Å². The van der Waals surface area contributed by atoms with Crippen molar-refractivity contribution in [2.75, 3.05) is 0 Å². The van der Waals surface area contributed by atoms with E-state index in [1.807, 2.05) is 30.3 Å². The quantitative estimate of drug-likeness (QED) is 0.756. The molecule has 0 spiro atoms. The summed E-state index contributed by atoms with van der Waals surface area (Å²) in [7, 11) is 0. The smallest absolute Gasteiger partial charge is 0.238 e. The number of rotatable bonds is 4. The SMILES string of the molecule is O=C(Cc1ccccc1)NNC1CCCC1. The molecule has 3 heteroatoms. The molecule has 1 saturated carbocycles. The van der Waals surface area contributed by atoms with E-state index in [1.165, 1.54) is 25.7 Å². The predicted molar refractivity (Wildman–Crippen MR) is 63.7 cm³/mol. The molecule has 1 amide bonds. The zero-order valence-corrected chi connectivity index (χ0v) is 9.41. The molecule has 0 heterocycles. The molecule has 0 aliphatic heterocycles. The van der Waals surface area contributed by atoms with Crippen LogP contribution in [-0.2, 0) is 11.2 Å². The van der Waals surface area contributed by atoms with Gasteiger partial charge in [0.25, 0.3) is 0 Å². The van der Waals surface area contributed by atoms with Crippen molar-refractivity contribution in [1.82, 2.24) is 10.9 Å². The number of carbonyl (C=O) groups is 1. The van der Waals surface area contributed by atoms with E-state index in [2.05, 4.69) is 10.9 Å².